The summed E-state index contributed by atoms with van der Waals surface area (Å²) < 4.78 is 5.40. The molecule has 1 saturated heterocycles. The monoisotopic (exact) mass is 273 g/mol. The Hall–Kier alpha value is -1.57. The molecule has 108 valence electrons. The number of nitrogens with zero attached hydrogens (tertiary/aromatic N) is 3. The number of ether oxygens (including phenoxy) is 1. The summed E-state index contributed by atoms with van der Waals surface area (Å²) in [5, 5.41) is 9.01. The van der Waals surface area contributed by atoms with Crippen molar-refractivity contribution in [3.63, 3.8) is 0 Å². The Kier molecular flexibility index (Phi) is 5.40. The van der Waals surface area contributed by atoms with Crippen molar-refractivity contribution in [1.29, 1.82) is 5.26 Å². The normalized spacial score (nSPS) is 16.9. The average molecular weight is 273 g/mol. The predicted molar refractivity (Wildman–Crippen MR) is 79.7 cm³/mol. The van der Waals surface area contributed by atoms with Gasteiger partial charge in [-0.15, -0.1) is 0 Å². The second-order valence-corrected chi connectivity index (χ2v) is 5.26. The van der Waals surface area contributed by atoms with Gasteiger partial charge in [-0.1, -0.05) is 6.92 Å². The fourth-order valence-electron chi connectivity index (χ4n) is 2.70. The number of methoxy groups -OCH3 is 1. The van der Waals surface area contributed by atoms with Crippen LogP contribution in [0.3, 0.4) is 0 Å². The van der Waals surface area contributed by atoms with Gasteiger partial charge in [0.25, 0.3) is 0 Å². The third-order valence-electron chi connectivity index (χ3n) is 3.81. The van der Waals surface area contributed by atoms with Crippen molar-refractivity contribution in [3.05, 3.63) is 29.3 Å². The van der Waals surface area contributed by atoms with E-state index in [0.717, 1.165) is 44.0 Å². The highest BCUT2D eigenvalue weighted by Crippen LogP contribution is 2.22. The number of hydrogen-bond acceptors (Lipinski definition) is 4. The number of benzene rings is 1. The van der Waals surface area contributed by atoms with Crippen LogP contribution in [0.5, 0.6) is 5.75 Å². The minimum Gasteiger partial charge on any atom is -0.496 e. The third-order valence-corrected chi connectivity index (χ3v) is 3.81. The van der Waals surface area contributed by atoms with Crippen molar-refractivity contribution in [1.82, 2.24) is 9.80 Å². The summed E-state index contributed by atoms with van der Waals surface area (Å²) in [5.74, 6) is 0.875. The first-order valence-electron chi connectivity index (χ1n) is 7.28. The van der Waals surface area contributed by atoms with E-state index in [1.807, 2.05) is 18.2 Å². The lowest BCUT2D eigenvalue weighted by Crippen LogP contribution is -2.46. The zero-order valence-electron chi connectivity index (χ0n) is 12.4. The molecule has 0 aromatic heterocycles. The van der Waals surface area contributed by atoms with Crippen molar-refractivity contribution in [3.8, 4) is 11.8 Å². The number of nitriles is 1. The maximum atomic E-state index is 9.01. The molecule has 1 aromatic carbocycles. The summed E-state index contributed by atoms with van der Waals surface area (Å²) in [4.78, 5) is 4.95. The molecule has 0 unspecified atom stereocenters. The highest BCUT2D eigenvalue weighted by molar-refractivity contribution is 5.42. The highest BCUT2D eigenvalue weighted by atomic mass is 16.5. The molecule has 2 rings (SSSR count). The van der Waals surface area contributed by atoms with Crippen molar-refractivity contribution < 1.29 is 4.74 Å². The summed E-state index contributed by atoms with van der Waals surface area (Å²) in [6.45, 7) is 8.71. The molecule has 0 amide bonds. The Morgan fingerprint density at radius 3 is 2.50 bits per heavy atom. The maximum Gasteiger partial charge on any atom is 0.123 e. The first-order chi connectivity index (χ1) is 9.76. The van der Waals surface area contributed by atoms with E-state index in [2.05, 4.69) is 22.8 Å². The Morgan fingerprint density at radius 2 is 1.90 bits per heavy atom. The van der Waals surface area contributed by atoms with Gasteiger partial charge in [0, 0.05) is 38.3 Å². The lowest BCUT2D eigenvalue weighted by atomic mass is 10.1. The molecule has 0 aliphatic carbocycles. The van der Waals surface area contributed by atoms with Gasteiger partial charge in [-0.05, 0) is 31.2 Å². The molecule has 4 heteroatoms. The molecule has 0 N–H and O–H groups in total. The van der Waals surface area contributed by atoms with E-state index in [0.29, 0.717) is 5.56 Å². The number of piperazine rings is 1. The average Bonchev–Trinajstić information content (AvgIpc) is 2.49. The second-order valence-electron chi connectivity index (χ2n) is 5.26. The lowest BCUT2D eigenvalue weighted by molar-refractivity contribution is 0.126. The van der Waals surface area contributed by atoms with E-state index in [4.69, 9.17) is 10.00 Å². The Labute approximate surface area is 121 Å². The Morgan fingerprint density at radius 1 is 1.20 bits per heavy atom. The third kappa shape index (κ3) is 3.72. The van der Waals surface area contributed by atoms with E-state index >= 15 is 0 Å². The summed E-state index contributed by atoms with van der Waals surface area (Å²) in [6, 6.07) is 7.84. The van der Waals surface area contributed by atoms with E-state index < -0.39 is 0 Å². The molecule has 0 bridgehead atoms. The largest absolute Gasteiger partial charge is 0.496 e. The van der Waals surface area contributed by atoms with Crippen molar-refractivity contribution in [2.24, 2.45) is 0 Å². The summed E-state index contributed by atoms with van der Waals surface area (Å²) in [6.07, 6.45) is 1.22. The Balaban J connectivity index is 1.98. The van der Waals surface area contributed by atoms with E-state index in [-0.39, 0.29) is 0 Å². The van der Waals surface area contributed by atoms with Gasteiger partial charge >= 0.3 is 0 Å². The molecule has 0 atom stereocenters. The summed E-state index contributed by atoms with van der Waals surface area (Å²) in [7, 11) is 1.68. The first-order valence-corrected chi connectivity index (χ1v) is 7.28. The van der Waals surface area contributed by atoms with E-state index in [1.54, 1.807) is 7.11 Å². The second kappa shape index (κ2) is 7.28. The van der Waals surface area contributed by atoms with Gasteiger partial charge < -0.3 is 9.64 Å². The maximum absolute atomic E-state index is 9.01. The predicted octanol–water partition coefficient (Wildman–Crippen LogP) is 2.09. The molecule has 1 aliphatic heterocycles. The van der Waals surface area contributed by atoms with Gasteiger partial charge in [0.2, 0.25) is 0 Å². The zero-order valence-corrected chi connectivity index (χ0v) is 12.4. The fourth-order valence-corrected chi connectivity index (χ4v) is 2.70. The van der Waals surface area contributed by atoms with Crippen molar-refractivity contribution in [2.75, 3.05) is 39.8 Å². The van der Waals surface area contributed by atoms with Crippen LogP contribution >= 0.6 is 0 Å². The Bertz CT molecular complexity index is 473. The summed E-state index contributed by atoms with van der Waals surface area (Å²) in [5.41, 5.74) is 1.81. The van der Waals surface area contributed by atoms with Crippen LogP contribution in [-0.2, 0) is 6.54 Å². The lowest BCUT2D eigenvalue weighted by Gasteiger charge is -2.34. The van der Waals surface area contributed by atoms with Crippen LogP contribution in [0.2, 0.25) is 0 Å². The van der Waals surface area contributed by atoms with Crippen molar-refractivity contribution in [2.45, 2.75) is 19.9 Å². The molecule has 1 aliphatic rings. The standard InChI is InChI=1S/C16H23N3O/c1-3-6-18-7-9-19(10-8-18)13-15-11-14(12-17)4-5-16(15)20-2/h4-5,11H,3,6-10,13H2,1-2H3. The SMILES string of the molecule is CCCN1CCN(Cc2cc(C#N)ccc2OC)CC1. The van der Waals surface area contributed by atoms with Gasteiger partial charge in [0.1, 0.15) is 5.75 Å². The van der Waals surface area contributed by atoms with Crippen LogP contribution in [0.1, 0.15) is 24.5 Å². The van der Waals surface area contributed by atoms with Crippen LogP contribution < -0.4 is 4.74 Å². The number of hydrogen-bond donors (Lipinski definition) is 0. The van der Waals surface area contributed by atoms with E-state index in [1.165, 1.54) is 13.0 Å². The minimum atomic E-state index is 0.699. The molecular weight excluding hydrogens is 250 g/mol. The summed E-state index contributed by atoms with van der Waals surface area (Å²) >= 11 is 0. The van der Waals surface area contributed by atoms with Gasteiger partial charge in [0.05, 0.1) is 18.7 Å². The van der Waals surface area contributed by atoms with Crippen LogP contribution in [0, 0.1) is 11.3 Å². The van der Waals surface area contributed by atoms with Gasteiger partial charge in [-0.3, -0.25) is 4.90 Å². The smallest absolute Gasteiger partial charge is 0.123 e. The van der Waals surface area contributed by atoms with Crippen LogP contribution in [0.25, 0.3) is 0 Å². The number of rotatable bonds is 5. The first kappa shape index (κ1) is 14.8. The van der Waals surface area contributed by atoms with Crippen LogP contribution in [0.4, 0.5) is 0 Å². The molecule has 4 nitrogen and oxygen atoms in total. The molecule has 0 saturated carbocycles. The van der Waals surface area contributed by atoms with E-state index in [9.17, 15) is 0 Å². The molecule has 1 aromatic rings. The van der Waals surface area contributed by atoms with Gasteiger partial charge in [-0.2, -0.15) is 5.26 Å². The minimum absolute atomic E-state index is 0.699. The molecular formula is C16H23N3O. The molecule has 1 heterocycles. The molecule has 1 fully saturated rings. The fraction of sp³-hybridized carbons (Fsp3) is 0.562. The van der Waals surface area contributed by atoms with Crippen molar-refractivity contribution >= 4 is 0 Å². The topological polar surface area (TPSA) is 39.5 Å². The zero-order chi connectivity index (χ0) is 14.4. The van der Waals surface area contributed by atoms with Gasteiger partial charge in [-0.25, -0.2) is 0 Å². The molecule has 20 heavy (non-hydrogen) atoms. The molecule has 0 spiro atoms. The molecule has 0 radical (unpaired) electrons. The van der Waals surface area contributed by atoms with Crippen LogP contribution in [-0.4, -0.2) is 49.6 Å². The quantitative estimate of drug-likeness (QED) is 0.823. The van der Waals surface area contributed by atoms with Crippen LogP contribution in [0.15, 0.2) is 18.2 Å². The van der Waals surface area contributed by atoms with Gasteiger partial charge in [0.15, 0.2) is 0 Å². The highest BCUT2D eigenvalue weighted by Gasteiger charge is 2.17.